The van der Waals surface area contributed by atoms with Crippen molar-refractivity contribution in [2.45, 2.75) is 68.8 Å². The van der Waals surface area contributed by atoms with Crippen LogP contribution < -0.4 is 16.5 Å². The van der Waals surface area contributed by atoms with Crippen LogP contribution in [0.2, 0.25) is 0 Å². The molecule has 0 saturated heterocycles. The Morgan fingerprint density at radius 2 is 1.80 bits per heavy atom. The first-order valence-electron chi connectivity index (χ1n) is 11.7. The normalized spacial score (nSPS) is 15.2. The van der Waals surface area contributed by atoms with Gasteiger partial charge in [0, 0.05) is 25.3 Å². The number of nitrogens with zero attached hydrogens (tertiary/aromatic N) is 1. The summed E-state index contributed by atoms with van der Waals surface area (Å²) in [6, 6.07) is 4.78. The van der Waals surface area contributed by atoms with E-state index in [0.717, 1.165) is 43.4 Å². The van der Waals surface area contributed by atoms with Gasteiger partial charge in [-0.25, -0.2) is 18.6 Å². The largest absolute Gasteiger partial charge is 0.480 e. The van der Waals surface area contributed by atoms with Crippen LogP contribution in [0, 0.1) is 11.3 Å². The molecule has 0 aromatic heterocycles. The third kappa shape index (κ3) is 9.29. The van der Waals surface area contributed by atoms with Gasteiger partial charge in [-0.15, -0.1) is 0 Å². The molecule has 0 aliphatic heterocycles. The molecule has 35 heavy (non-hydrogen) atoms. The number of benzene rings is 1. The number of carbonyl (C=O) groups excluding carboxylic acids is 2. The number of hydrogen-bond donors (Lipinski definition) is 5. The molecule has 1 atom stereocenters. The molecule has 11 nitrogen and oxygen atoms in total. The van der Waals surface area contributed by atoms with Gasteiger partial charge < -0.3 is 16.2 Å². The van der Waals surface area contributed by atoms with Crippen molar-refractivity contribution in [2.75, 3.05) is 12.8 Å². The number of nitrogens with two attached hydrogens (primary N) is 1. The molecule has 1 fully saturated rings. The van der Waals surface area contributed by atoms with Crippen LogP contribution in [0.4, 0.5) is 0 Å². The van der Waals surface area contributed by atoms with Gasteiger partial charge in [0.1, 0.15) is 11.8 Å². The third-order valence-electron chi connectivity index (χ3n) is 6.03. The number of ketones is 1. The van der Waals surface area contributed by atoms with Crippen molar-refractivity contribution in [2.24, 2.45) is 11.7 Å². The van der Waals surface area contributed by atoms with Crippen molar-refractivity contribution in [1.29, 1.82) is 5.41 Å². The number of guanidine groups is 1. The number of Topliss-reactive ketones (excluding diaryl/α,β-unsaturated/α-hetero) is 1. The van der Waals surface area contributed by atoms with E-state index in [0.29, 0.717) is 12.0 Å². The quantitative estimate of drug-likeness (QED) is 0.0856. The zero-order valence-corrected chi connectivity index (χ0v) is 20.8. The van der Waals surface area contributed by atoms with Crippen LogP contribution in [0.3, 0.4) is 0 Å². The van der Waals surface area contributed by atoms with Crippen molar-refractivity contribution < 1.29 is 27.9 Å². The van der Waals surface area contributed by atoms with Crippen LogP contribution in [-0.2, 0) is 30.8 Å². The average molecular weight is 510 g/mol. The average Bonchev–Trinajstić information content (AvgIpc) is 2.80. The highest BCUT2D eigenvalue weighted by Gasteiger charge is 2.32. The second-order valence-corrected chi connectivity index (χ2v) is 10.8. The molecule has 0 heterocycles. The first-order chi connectivity index (χ1) is 16.5. The number of sulfone groups is 1. The number of hydrogen-bond acceptors (Lipinski definition) is 7. The fourth-order valence-electron chi connectivity index (χ4n) is 4.09. The van der Waals surface area contributed by atoms with Gasteiger partial charge in [0.2, 0.25) is 5.91 Å². The Hall–Kier alpha value is -2.99. The van der Waals surface area contributed by atoms with Crippen molar-refractivity contribution in [3.8, 4) is 0 Å². The summed E-state index contributed by atoms with van der Waals surface area (Å²) in [5.41, 5.74) is 8.74. The van der Waals surface area contributed by atoms with E-state index in [1.165, 1.54) is 12.1 Å². The van der Waals surface area contributed by atoms with Gasteiger partial charge >= 0.3 is 5.97 Å². The monoisotopic (exact) mass is 509 g/mol. The van der Waals surface area contributed by atoms with Crippen molar-refractivity contribution in [1.82, 2.24) is 15.8 Å². The van der Waals surface area contributed by atoms with Crippen LogP contribution in [-0.4, -0.2) is 61.0 Å². The fraction of sp³-hybridized carbons (Fsp3) is 0.565. The smallest absolute Gasteiger partial charge is 0.328 e. The molecule has 1 saturated carbocycles. The Labute approximate surface area is 205 Å². The van der Waals surface area contributed by atoms with E-state index in [1.54, 1.807) is 12.1 Å². The summed E-state index contributed by atoms with van der Waals surface area (Å²) in [7, 11) is -3.36. The minimum Gasteiger partial charge on any atom is -0.480 e. The van der Waals surface area contributed by atoms with E-state index >= 15 is 0 Å². The standard InChI is InChI=1S/C23H35N5O6S/c1-35(33,34)18-11-9-16(10-12-18)15-27-28(19(22(31)32)8-5-13-26-23(24)25)21(30)14-20(29)17-6-3-2-4-7-17/h9-12,17,19,27H,2-8,13-15H2,1H3,(H,31,32)(H4,24,25,26)/t19-/m0/s1. The molecule has 12 heteroatoms. The highest BCUT2D eigenvalue weighted by molar-refractivity contribution is 7.90. The molecule has 0 spiro atoms. The van der Waals surface area contributed by atoms with E-state index in [1.807, 2.05) is 0 Å². The molecule has 1 aromatic carbocycles. The predicted molar refractivity (Wildman–Crippen MR) is 130 cm³/mol. The topological polar surface area (TPSA) is 183 Å². The number of aliphatic carboxylic acids is 1. The summed E-state index contributed by atoms with van der Waals surface area (Å²) in [6.07, 6.45) is 5.53. The molecular formula is C23H35N5O6S. The minimum absolute atomic E-state index is 0.0584. The van der Waals surface area contributed by atoms with Crippen LogP contribution in [0.5, 0.6) is 0 Å². The van der Waals surface area contributed by atoms with Crippen molar-refractivity contribution in [3.05, 3.63) is 29.8 Å². The zero-order valence-electron chi connectivity index (χ0n) is 20.0. The lowest BCUT2D eigenvalue weighted by Gasteiger charge is -2.30. The summed E-state index contributed by atoms with van der Waals surface area (Å²) in [4.78, 5) is 38.0. The highest BCUT2D eigenvalue weighted by Crippen LogP contribution is 2.25. The number of carbonyl (C=O) groups is 3. The molecule has 1 aliphatic carbocycles. The van der Waals surface area contributed by atoms with Gasteiger partial charge in [-0.3, -0.25) is 20.0 Å². The lowest BCUT2D eigenvalue weighted by atomic mass is 9.85. The van der Waals surface area contributed by atoms with E-state index in [2.05, 4.69) is 10.7 Å². The second-order valence-electron chi connectivity index (χ2n) is 8.83. The summed E-state index contributed by atoms with van der Waals surface area (Å²) < 4.78 is 23.3. The molecular weight excluding hydrogens is 474 g/mol. The summed E-state index contributed by atoms with van der Waals surface area (Å²) in [5, 5.41) is 20.6. The summed E-state index contributed by atoms with van der Waals surface area (Å²) >= 11 is 0. The molecule has 1 aromatic rings. The van der Waals surface area contributed by atoms with Crippen LogP contribution in [0.1, 0.15) is 56.9 Å². The first-order valence-corrected chi connectivity index (χ1v) is 13.6. The maximum Gasteiger partial charge on any atom is 0.328 e. The molecule has 2 rings (SSSR count). The number of carboxylic acid groups (broad SMARTS) is 1. The van der Waals surface area contributed by atoms with Crippen LogP contribution in [0.15, 0.2) is 29.2 Å². The Balaban J connectivity index is 2.15. The number of nitrogens with one attached hydrogen (secondary N) is 3. The SMILES string of the molecule is CS(=O)(=O)c1ccc(CNN(C(=O)CC(=O)C2CCCCC2)[C@@H](CCCNC(=N)N)C(=O)O)cc1. The molecule has 1 amide bonds. The predicted octanol–water partition coefficient (Wildman–Crippen LogP) is 1.18. The van der Waals surface area contributed by atoms with Gasteiger partial charge in [0.15, 0.2) is 15.8 Å². The molecule has 1 aliphatic rings. The molecule has 0 bridgehead atoms. The molecule has 194 valence electrons. The minimum atomic E-state index is -3.36. The van der Waals surface area contributed by atoms with Gasteiger partial charge in [-0.2, -0.15) is 0 Å². The van der Waals surface area contributed by atoms with Crippen molar-refractivity contribution >= 4 is 33.5 Å². The number of rotatable bonds is 13. The van der Waals surface area contributed by atoms with E-state index in [-0.39, 0.29) is 48.5 Å². The number of amides is 1. The maximum atomic E-state index is 13.1. The zero-order chi connectivity index (χ0) is 26.0. The van der Waals surface area contributed by atoms with Gasteiger partial charge in [-0.05, 0) is 43.4 Å². The Bertz CT molecular complexity index is 1010. The highest BCUT2D eigenvalue weighted by atomic mass is 32.2. The van der Waals surface area contributed by atoms with E-state index in [9.17, 15) is 27.9 Å². The maximum absolute atomic E-state index is 13.1. The van der Waals surface area contributed by atoms with Crippen LogP contribution >= 0.6 is 0 Å². The molecule has 0 radical (unpaired) electrons. The Morgan fingerprint density at radius 1 is 1.17 bits per heavy atom. The van der Waals surface area contributed by atoms with Crippen LogP contribution in [0.25, 0.3) is 0 Å². The summed E-state index contributed by atoms with van der Waals surface area (Å²) in [5.74, 6) is -2.45. The van der Waals surface area contributed by atoms with Crippen molar-refractivity contribution in [3.63, 3.8) is 0 Å². The summed E-state index contributed by atoms with van der Waals surface area (Å²) in [6.45, 7) is 0.317. The lowest BCUT2D eigenvalue weighted by molar-refractivity contribution is -0.155. The van der Waals surface area contributed by atoms with E-state index in [4.69, 9.17) is 11.1 Å². The Kier molecular flexibility index (Phi) is 10.6. The second kappa shape index (κ2) is 13.2. The molecule has 0 unspecified atom stereocenters. The van der Waals surface area contributed by atoms with Gasteiger partial charge in [0.05, 0.1) is 11.3 Å². The first kappa shape index (κ1) is 28.2. The third-order valence-corrected chi connectivity index (χ3v) is 7.15. The number of carboxylic acids is 1. The van der Waals surface area contributed by atoms with Gasteiger partial charge in [-0.1, -0.05) is 31.4 Å². The lowest BCUT2D eigenvalue weighted by Crippen LogP contribution is -2.53. The molecule has 6 N–H and O–H groups in total. The Morgan fingerprint density at radius 3 is 2.34 bits per heavy atom. The number of hydrazine groups is 1. The van der Waals surface area contributed by atoms with Gasteiger partial charge in [0.25, 0.3) is 0 Å². The van der Waals surface area contributed by atoms with E-state index < -0.39 is 27.8 Å². The fourth-order valence-corrected chi connectivity index (χ4v) is 4.72.